The van der Waals surface area contributed by atoms with Gasteiger partial charge in [-0.2, -0.15) is 5.10 Å². The fourth-order valence-electron chi connectivity index (χ4n) is 0.968. The summed E-state index contributed by atoms with van der Waals surface area (Å²) >= 11 is 4.60. The molecule has 0 atom stereocenters. The summed E-state index contributed by atoms with van der Waals surface area (Å²) in [6, 6.07) is 0. The van der Waals surface area contributed by atoms with Crippen LogP contribution in [0.4, 0.5) is 0 Å². The highest BCUT2D eigenvalue weighted by atomic mass is 32.1. The van der Waals surface area contributed by atoms with Crippen LogP contribution in [-0.4, -0.2) is 23.9 Å². The zero-order valence-corrected chi connectivity index (χ0v) is 7.08. The summed E-state index contributed by atoms with van der Waals surface area (Å²) in [6.45, 7) is 1.92. The van der Waals surface area contributed by atoms with Crippen LogP contribution >= 0.6 is 12.2 Å². The maximum Gasteiger partial charge on any atom is 0.184 e. The summed E-state index contributed by atoms with van der Waals surface area (Å²) in [5.41, 5.74) is 8.86. The van der Waals surface area contributed by atoms with E-state index in [1.807, 2.05) is 0 Å². The second-order valence-corrected chi connectivity index (χ2v) is 2.87. The Hall–Kier alpha value is -0.680. The first kappa shape index (κ1) is 8.42. The lowest BCUT2D eigenvalue weighted by Crippen LogP contribution is -2.33. The van der Waals surface area contributed by atoms with Crippen LogP contribution in [0, 0.1) is 0 Å². The molecule has 0 saturated carbocycles. The van der Waals surface area contributed by atoms with Crippen molar-refractivity contribution in [1.82, 2.24) is 10.7 Å². The number of rotatable bonds is 1. The highest BCUT2D eigenvalue weighted by molar-refractivity contribution is 7.80. The highest BCUT2D eigenvalue weighted by Gasteiger charge is 2.04. The minimum atomic E-state index is 0.225. The van der Waals surface area contributed by atoms with Crippen LogP contribution in [0.5, 0.6) is 0 Å². The molecule has 4 nitrogen and oxygen atoms in total. The molecule has 1 fully saturated rings. The van der Waals surface area contributed by atoms with Gasteiger partial charge in [0.05, 0.1) is 5.71 Å². The van der Waals surface area contributed by atoms with Crippen molar-refractivity contribution in [2.45, 2.75) is 12.8 Å². The SMILES string of the molecule is NC(=S)N/N=C1\CCCNC1. The van der Waals surface area contributed by atoms with Gasteiger partial charge in [0, 0.05) is 6.54 Å². The van der Waals surface area contributed by atoms with Crippen LogP contribution in [0.3, 0.4) is 0 Å². The zero-order chi connectivity index (χ0) is 8.10. The molecule has 0 spiro atoms. The minimum absolute atomic E-state index is 0.225. The third-order valence-electron chi connectivity index (χ3n) is 1.47. The molecule has 1 saturated heterocycles. The number of hydrazone groups is 1. The van der Waals surface area contributed by atoms with E-state index in [4.69, 9.17) is 5.73 Å². The van der Waals surface area contributed by atoms with E-state index in [2.05, 4.69) is 28.1 Å². The predicted octanol–water partition coefficient (Wildman–Crippen LogP) is -0.441. The summed E-state index contributed by atoms with van der Waals surface area (Å²) in [6.07, 6.45) is 2.17. The Labute approximate surface area is 71.2 Å². The molecule has 1 aliphatic heterocycles. The van der Waals surface area contributed by atoms with E-state index in [0.29, 0.717) is 0 Å². The van der Waals surface area contributed by atoms with Gasteiger partial charge in [0.2, 0.25) is 0 Å². The largest absolute Gasteiger partial charge is 0.375 e. The maximum atomic E-state index is 5.20. The van der Waals surface area contributed by atoms with Gasteiger partial charge < -0.3 is 11.1 Å². The molecule has 4 N–H and O–H groups in total. The molecule has 0 aromatic carbocycles. The molecule has 0 amide bonds. The maximum absolute atomic E-state index is 5.20. The van der Waals surface area contributed by atoms with Gasteiger partial charge >= 0.3 is 0 Å². The lowest BCUT2D eigenvalue weighted by atomic mass is 10.1. The number of nitrogens with zero attached hydrogens (tertiary/aromatic N) is 1. The van der Waals surface area contributed by atoms with E-state index < -0.39 is 0 Å². The van der Waals surface area contributed by atoms with Crippen molar-refractivity contribution in [2.24, 2.45) is 10.8 Å². The van der Waals surface area contributed by atoms with Crippen molar-refractivity contribution in [1.29, 1.82) is 0 Å². The normalized spacial score (nSPS) is 21.6. The molecular weight excluding hydrogens is 160 g/mol. The fourth-order valence-corrected chi connectivity index (χ4v) is 1.01. The second kappa shape index (κ2) is 4.25. The van der Waals surface area contributed by atoms with Crippen molar-refractivity contribution < 1.29 is 0 Å². The van der Waals surface area contributed by atoms with Crippen molar-refractivity contribution >= 4 is 23.0 Å². The molecule has 11 heavy (non-hydrogen) atoms. The minimum Gasteiger partial charge on any atom is -0.375 e. The second-order valence-electron chi connectivity index (χ2n) is 2.43. The van der Waals surface area contributed by atoms with Crippen LogP contribution in [0.25, 0.3) is 0 Å². The molecule has 0 aromatic rings. The van der Waals surface area contributed by atoms with Crippen molar-refractivity contribution in [2.75, 3.05) is 13.1 Å². The van der Waals surface area contributed by atoms with Crippen molar-refractivity contribution in [3.8, 4) is 0 Å². The quantitative estimate of drug-likeness (QED) is 0.370. The van der Waals surface area contributed by atoms with Gasteiger partial charge in [-0.15, -0.1) is 0 Å². The Morgan fingerprint density at radius 3 is 3.09 bits per heavy atom. The molecule has 5 heteroatoms. The highest BCUT2D eigenvalue weighted by Crippen LogP contribution is 1.96. The van der Waals surface area contributed by atoms with Crippen LogP contribution in [-0.2, 0) is 0 Å². The lowest BCUT2D eigenvalue weighted by Gasteiger charge is -2.13. The first-order valence-corrected chi connectivity index (χ1v) is 4.01. The van der Waals surface area contributed by atoms with Crippen LogP contribution in [0.2, 0.25) is 0 Å². The fraction of sp³-hybridized carbons (Fsp3) is 0.667. The van der Waals surface area contributed by atoms with Crippen molar-refractivity contribution in [3.05, 3.63) is 0 Å². The Bertz CT molecular complexity index is 169. The molecule has 0 aliphatic carbocycles. The molecule has 1 rings (SSSR count). The van der Waals surface area contributed by atoms with Gasteiger partial charge in [0.15, 0.2) is 5.11 Å². The monoisotopic (exact) mass is 172 g/mol. The molecule has 0 unspecified atom stereocenters. The van der Waals surface area contributed by atoms with Crippen LogP contribution in [0.1, 0.15) is 12.8 Å². The molecule has 0 bridgehead atoms. The van der Waals surface area contributed by atoms with E-state index in [-0.39, 0.29) is 5.11 Å². The Morgan fingerprint density at radius 2 is 2.55 bits per heavy atom. The zero-order valence-electron chi connectivity index (χ0n) is 6.26. The van der Waals surface area contributed by atoms with Crippen LogP contribution in [0.15, 0.2) is 5.10 Å². The van der Waals surface area contributed by atoms with E-state index in [9.17, 15) is 0 Å². The molecule has 0 radical (unpaired) electrons. The van der Waals surface area contributed by atoms with Gasteiger partial charge in [-0.25, -0.2) is 0 Å². The van der Waals surface area contributed by atoms with Gasteiger partial charge in [0.25, 0.3) is 0 Å². The van der Waals surface area contributed by atoms with E-state index in [0.717, 1.165) is 31.6 Å². The Morgan fingerprint density at radius 1 is 1.73 bits per heavy atom. The molecular formula is C6H12N4S. The first-order chi connectivity index (χ1) is 5.29. The summed E-state index contributed by atoms with van der Waals surface area (Å²) < 4.78 is 0. The average Bonchev–Trinajstić information content (AvgIpc) is 2.03. The Kier molecular flexibility index (Phi) is 3.25. The molecule has 0 aromatic heterocycles. The van der Waals surface area contributed by atoms with Gasteiger partial charge in [-0.3, -0.25) is 5.43 Å². The van der Waals surface area contributed by atoms with Crippen molar-refractivity contribution in [3.63, 3.8) is 0 Å². The third kappa shape index (κ3) is 3.29. The lowest BCUT2D eigenvalue weighted by molar-refractivity contribution is 0.668. The molecule has 1 heterocycles. The third-order valence-corrected chi connectivity index (χ3v) is 1.56. The van der Waals surface area contributed by atoms with E-state index >= 15 is 0 Å². The molecule has 1 aliphatic rings. The van der Waals surface area contributed by atoms with Gasteiger partial charge in [-0.05, 0) is 31.6 Å². The van der Waals surface area contributed by atoms with Crippen LogP contribution < -0.4 is 16.5 Å². The first-order valence-electron chi connectivity index (χ1n) is 3.60. The van der Waals surface area contributed by atoms with E-state index in [1.165, 1.54) is 0 Å². The topological polar surface area (TPSA) is 62.4 Å². The summed E-state index contributed by atoms with van der Waals surface area (Å²) in [4.78, 5) is 0. The standard InChI is InChI=1S/C6H12N4S/c7-6(11)10-9-5-2-1-3-8-4-5/h8H,1-4H2,(H3,7,10,11)/b9-5+. The van der Waals surface area contributed by atoms with Gasteiger partial charge in [0.1, 0.15) is 0 Å². The van der Waals surface area contributed by atoms with Gasteiger partial charge in [-0.1, -0.05) is 0 Å². The summed E-state index contributed by atoms with van der Waals surface area (Å²) in [5, 5.41) is 7.45. The predicted molar refractivity (Wildman–Crippen MR) is 49.5 cm³/mol. The number of hydrogen-bond acceptors (Lipinski definition) is 3. The number of nitrogens with two attached hydrogens (primary N) is 1. The smallest absolute Gasteiger partial charge is 0.184 e. The number of thiocarbonyl (C=S) groups is 1. The molecule has 62 valence electrons. The number of hydrogen-bond donors (Lipinski definition) is 3. The Balaban J connectivity index is 2.32. The van der Waals surface area contributed by atoms with E-state index in [1.54, 1.807) is 0 Å². The summed E-state index contributed by atoms with van der Waals surface area (Å²) in [7, 11) is 0. The number of piperidine rings is 1. The summed E-state index contributed by atoms with van der Waals surface area (Å²) in [5.74, 6) is 0. The number of nitrogens with one attached hydrogen (secondary N) is 2. The average molecular weight is 172 g/mol.